The third-order valence-corrected chi connectivity index (χ3v) is 1.37. The molecule has 0 N–H and O–H groups in total. The van der Waals surface area contributed by atoms with Crippen molar-refractivity contribution in [3.8, 4) is 0 Å². The van der Waals surface area contributed by atoms with Gasteiger partial charge in [0, 0.05) is 13.1 Å². The summed E-state index contributed by atoms with van der Waals surface area (Å²) in [5.41, 5.74) is 0. The van der Waals surface area contributed by atoms with Crippen LogP contribution in [0.1, 0.15) is 0 Å². The standard InChI is InChI=1S/C6H7NO2/c1-7-5(4-8)2-3-6(7)9/h2-5H,1H3. The normalized spacial score (nSPS) is 25.2. The first-order chi connectivity index (χ1) is 4.25. The minimum absolute atomic E-state index is 0.105. The largest absolute Gasteiger partial charge is 0.329 e. The zero-order chi connectivity index (χ0) is 6.85. The topological polar surface area (TPSA) is 37.4 Å². The molecule has 9 heavy (non-hydrogen) atoms. The number of rotatable bonds is 1. The maximum Gasteiger partial charge on any atom is 0.246 e. The fourth-order valence-corrected chi connectivity index (χ4v) is 0.711. The van der Waals surface area contributed by atoms with E-state index in [9.17, 15) is 9.59 Å². The SMILES string of the molecule is CN1C(=O)C=CC1C=O. The van der Waals surface area contributed by atoms with Crippen molar-refractivity contribution in [1.82, 2.24) is 4.90 Å². The highest BCUT2D eigenvalue weighted by Gasteiger charge is 2.19. The van der Waals surface area contributed by atoms with E-state index < -0.39 is 0 Å². The van der Waals surface area contributed by atoms with E-state index in [1.165, 1.54) is 11.0 Å². The molecule has 0 spiro atoms. The first-order valence-electron chi connectivity index (χ1n) is 2.66. The summed E-state index contributed by atoms with van der Waals surface area (Å²) in [6.07, 6.45) is 3.72. The molecular weight excluding hydrogens is 118 g/mol. The number of amides is 1. The van der Waals surface area contributed by atoms with Gasteiger partial charge in [0.05, 0.1) is 0 Å². The van der Waals surface area contributed by atoms with Crippen LogP contribution in [0.2, 0.25) is 0 Å². The Morgan fingerprint density at radius 1 is 1.78 bits per heavy atom. The third kappa shape index (κ3) is 0.850. The van der Waals surface area contributed by atoms with E-state index in [2.05, 4.69) is 0 Å². The molecule has 0 radical (unpaired) electrons. The number of likely N-dealkylation sites (N-methyl/N-ethyl adjacent to an activating group) is 1. The van der Waals surface area contributed by atoms with Crippen LogP contribution in [0, 0.1) is 0 Å². The average molecular weight is 125 g/mol. The molecule has 1 aliphatic rings. The Morgan fingerprint density at radius 3 is 2.67 bits per heavy atom. The van der Waals surface area contributed by atoms with Crippen LogP contribution in [-0.4, -0.2) is 30.2 Å². The quantitative estimate of drug-likeness (QED) is 0.446. The van der Waals surface area contributed by atoms with Crippen molar-refractivity contribution in [3.63, 3.8) is 0 Å². The third-order valence-electron chi connectivity index (χ3n) is 1.37. The summed E-state index contributed by atoms with van der Waals surface area (Å²) in [7, 11) is 1.60. The number of aldehydes is 1. The average Bonchev–Trinajstić information content (AvgIpc) is 2.15. The number of hydrogen-bond donors (Lipinski definition) is 0. The van der Waals surface area contributed by atoms with Gasteiger partial charge in [0.2, 0.25) is 5.91 Å². The van der Waals surface area contributed by atoms with Gasteiger partial charge >= 0.3 is 0 Å². The molecule has 0 fully saturated rings. The molecule has 3 nitrogen and oxygen atoms in total. The number of carbonyl (C=O) groups excluding carboxylic acids is 2. The molecule has 0 aromatic carbocycles. The fourth-order valence-electron chi connectivity index (χ4n) is 0.711. The zero-order valence-electron chi connectivity index (χ0n) is 5.07. The molecule has 1 heterocycles. The number of nitrogens with zero attached hydrogens (tertiary/aromatic N) is 1. The van der Waals surface area contributed by atoms with Crippen LogP contribution in [0.5, 0.6) is 0 Å². The lowest BCUT2D eigenvalue weighted by Gasteiger charge is -2.12. The molecule has 1 amide bonds. The molecule has 1 rings (SSSR count). The van der Waals surface area contributed by atoms with Crippen molar-refractivity contribution < 1.29 is 9.59 Å². The maximum atomic E-state index is 10.6. The van der Waals surface area contributed by atoms with Crippen molar-refractivity contribution in [1.29, 1.82) is 0 Å². The molecular formula is C6H7NO2. The van der Waals surface area contributed by atoms with Crippen molar-refractivity contribution in [2.45, 2.75) is 6.04 Å². The molecule has 0 aliphatic carbocycles. The molecule has 0 saturated carbocycles. The molecule has 0 aromatic rings. The van der Waals surface area contributed by atoms with E-state index >= 15 is 0 Å². The number of hydrogen-bond acceptors (Lipinski definition) is 2. The first kappa shape index (κ1) is 6.01. The van der Waals surface area contributed by atoms with Gasteiger partial charge in [-0.05, 0) is 6.08 Å². The van der Waals surface area contributed by atoms with Gasteiger partial charge in [0.25, 0.3) is 0 Å². The van der Waals surface area contributed by atoms with Crippen molar-refractivity contribution in [2.24, 2.45) is 0 Å². The molecule has 3 heteroatoms. The molecule has 1 aliphatic heterocycles. The summed E-state index contributed by atoms with van der Waals surface area (Å²) >= 11 is 0. The lowest BCUT2D eigenvalue weighted by atomic mass is 10.3. The van der Waals surface area contributed by atoms with Crippen LogP contribution in [0.3, 0.4) is 0 Å². The second-order valence-corrected chi connectivity index (χ2v) is 1.93. The monoisotopic (exact) mass is 125 g/mol. The van der Waals surface area contributed by atoms with Gasteiger partial charge in [-0.15, -0.1) is 0 Å². The van der Waals surface area contributed by atoms with Crippen LogP contribution in [0.25, 0.3) is 0 Å². The van der Waals surface area contributed by atoms with Gasteiger partial charge in [0.1, 0.15) is 12.3 Å². The molecule has 0 bridgehead atoms. The smallest absolute Gasteiger partial charge is 0.246 e. The lowest BCUT2D eigenvalue weighted by molar-refractivity contribution is -0.127. The summed E-state index contributed by atoms with van der Waals surface area (Å²) in [6, 6.07) is -0.336. The summed E-state index contributed by atoms with van der Waals surface area (Å²) in [4.78, 5) is 22.1. The summed E-state index contributed by atoms with van der Waals surface area (Å²) in [5.74, 6) is -0.105. The van der Waals surface area contributed by atoms with Gasteiger partial charge in [-0.1, -0.05) is 0 Å². The fraction of sp³-hybridized carbons (Fsp3) is 0.333. The Hall–Kier alpha value is -1.12. The lowest BCUT2D eigenvalue weighted by Crippen LogP contribution is -2.30. The Kier molecular flexibility index (Phi) is 1.34. The predicted octanol–water partition coefficient (Wildman–Crippen LogP) is -0.418. The Bertz CT molecular complexity index is 174. The minimum Gasteiger partial charge on any atom is -0.329 e. The van der Waals surface area contributed by atoms with Crippen LogP contribution in [0.15, 0.2) is 12.2 Å². The van der Waals surface area contributed by atoms with Crippen LogP contribution < -0.4 is 0 Å². The van der Waals surface area contributed by atoms with Crippen LogP contribution in [-0.2, 0) is 9.59 Å². The summed E-state index contributed by atoms with van der Waals surface area (Å²) < 4.78 is 0. The highest BCUT2D eigenvalue weighted by Crippen LogP contribution is 2.04. The second kappa shape index (κ2) is 2.01. The van der Waals surface area contributed by atoms with Crippen molar-refractivity contribution in [3.05, 3.63) is 12.2 Å². The summed E-state index contributed by atoms with van der Waals surface area (Å²) in [5, 5.41) is 0. The molecule has 1 atom stereocenters. The minimum atomic E-state index is -0.336. The van der Waals surface area contributed by atoms with E-state index in [1.54, 1.807) is 13.1 Å². The van der Waals surface area contributed by atoms with Crippen LogP contribution in [0.4, 0.5) is 0 Å². The van der Waals surface area contributed by atoms with E-state index in [1.807, 2.05) is 0 Å². The highest BCUT2D eigenvalue weighted by molar-refractivity contribution is 5.93. The van der Waals surface area contributed by atoms with Gasteiger partial charge in [-0.25, -0.2) is 0 Å². The van der Waals surface area contributed by atoms with E-state index in [4.69, 9.17) is 0 Å². The Balaban J connectivity index is 2.72. The maximum absolute atomic E-state index is 10.6. The second-order valence-electron chi connectivity index (χ2n) is 1.93. The van der Waals surface area contributed by atoms with Crippen molar-refractivity contribution >= 4 is 12.2 Å². The zero-order valence-corrected chi connectivity index (χ0v) is 5.07. The number of carbonyl (C=O) groups is 2. The van der Waals surface area contributed by atoms with E-state index in [-0.39, 0.29) is 11.9 Å². The first-order valence-corrected chi connectivity index (χ1v) is 2.66. The molecule has 48 valence electrons. The Morgan fingerprint density at radius 2 is 2.44 bits per heavy atom. The van der Waals surface area contributed by atoms with Gasteiger partial charge in [-0.2, -0.15) is 0 Å². The summed E-state index contributed by atoms with van der Waals surface area (Å²) in [6.45, 7) is 0. The highest BCUT2D eigenvalue weighted by atomic mass is 16.2. The van der Waals surface area contributed by atoms with Crippen molar-refractivity contribution in [2.75, 3.05) is 7.05 Å². The van der Waals surface area contributed by atoms with Gasteiger partial charge in [-0.3, -0.25) is 4.79 Å². The van der Waals surface area contributed by atoms with Crippen LogP contribution >= 0.6 is 0 Å². The molecule has 1 unspecified atom stereocenters. The predicted molar refractivity (Wildman–Crippen MR) is 31.8 cm³/mol. The molecule has 0 aromatic heterocycles. The van der Waals surface area contributed by atoms with E-state index in [0.717, 1.165) is 6.29 Å². The Labute approximate surface area is 53.0 Å². The van der Waals surface area contributed by atoms with Gasteiger partial charge in [0.15, 0.2) is 0 Å². The van der Waals surface area contributed by atoms with Gasteiger partial charge < -0.3 is 9.69 Å². The van der Waals surface area contributed by atoms with E-state index in [0.29, 0.717) is 0 Å². The molecule has 0 saturated heterocycles.